The number of benzene rings is 1. The summed E-state index contributed by atoms with van der Waals surface area (Å²) in [4.78, 5) is 12.6. The molecule has 3 rings (SSSR count). The Morgan fingerprint density at radius 1 is 1.23 bits per heavy atom. The lowest BCUT2D eigenvalue weighted by Gasteiger charge is -2.25. The lowest BCUT2D eigenvalue weighted by Crippen LogP contribution is -2.35. The maximum Gasteiger partial charge on any atom is 0.268 e. The SMILES string of the molecule is N#Cc1ccc(-c2ccccc2)n(CC2CCCNC2)c1=O. The smallest absolute Gasteiger partial charge is 0.268 e. The van der Waals surface area contributed by atoms with Crippen LogP contribution in [-0.4, -0.2) is 17.7 Å². The van der Waals surface area contributed by atoms with Crippen molar-refractivity contribution in [1.82, 2.24) is 9.88 Å². The van der Waals surface area contributed by atoms with Gasteiger partial charge in [0.15, 0.2) is 0 Å². The van der Waals surface area contributed by atoms with Gasteiger partial charge in [-0.2, -0.15) is 5.26 Å². The van der Waals surface area contributed by atoms with Crippen LogP contribution >= 0.6 is 0 Å². The van der Waals surface area contributed by atoms with Crippen LogP contribution in [0.5, 0.6) is 0 Å². The Labute approximate surface area is 130 Å². The summed E-state index contributed by atoms with van der Waals surface area (Å²) in [6.07, 6.45) is 2.25. The molecule has 1 aliphatic rings. The van der Waals surface area contributed by atoms with Gasteiger partial charge in [0.1, 0.15) is 11.6 Å². The predicted octanol–water partition coefficient (Wildman–Crippen LogP) is 2.39. The Bertz CT molecular complexity index is 737. The van der Waals surface area contributed by atoms with E-state index in [1.165, 1.54) is 0 Å². The number of nitrogens with zero attached hydrogens (tertiary/aromatic N) is 2. The number of pyridine rings is 1. The molecule has 112 valence electrons. The van der Waals surface area contributed by atoms with Gasteiger partial charge in [-0.25, -0.2) is 0 Å². The van der Waals surface area contributed by atoms with Crippen LogP contribution in [0.1, 0.15) is 18.4 Å². The molecule has 0 bridgehead atoms. The molecule has 0 spiro atoms. The molecule has 1 N–H and O–H groups in total. The van der Waals surface area contributed by atoms with E-state index in [2.05, 4.69) is 5.32 Å². The molecule has 1 aromatic carbocycles. The Balaban J connectivity index is 2.04. The van der Waals surface area contributed by atoms with Crippen molar-refractivity contribution in [3.63, 3.8) is 0 Å². The van der Waals surface area contributed by atoms with Gasteiger partial charge in [0.05, 0.1) is 5.69 Å². The van der Waals surface area contributed by atoms with Crippen molar-refractivity contribution in [2.45, 2.75) is 19.4 Å². The van der Waals surface area contributed by atoms with Crippen molar-refractivity contribution in [3.05, 3.63) is 58.4 Å². The minimum atomic E-state index is -0.186. The Morgan fingerprint density at radius 3 is 2.73 bits per heavy atom. The molecule has 1 atom stereocenters. The summed E-state index contributed by atoms with van der Waals surface area (Å²) in [7, 11) is 0. The maximum atomic E-state index is 12.6. The highest BCUT2D eigenvalue weighted by Crippen LogP contribution is 2.20. The Kier molecular flexibility index (Phi) is 4.36. The first-order valence-corrected chi connectivity index (χ1v) is 7.69. The number of aromatic nitrogens is 1. The third-order valence-corrected chi connectivity index (χ3v) is 4.20. The van der Waals surface area contributed by atoms with Gasteiger partial charge < -0.3 is 9.88 Å². The molecule has 2 aromatic rings. The molecule has 1 fully saturated rings. The van der Waals surface area contributed by atoms with E-state index in [0.717, 1.165) is 37.2 Å². The molecule has 1 saturated heterocycles. The quantitative estimate of drug-likeness (QED) is 0.945. The molecule has 0 amide bonds. The zero-order chi connectivity index (χ0) is 15.4. The van der Waals surface area contributed by atoms with Crippen molar-refractivity contribution >= 4 is 0 Å². The van der Waals surface area contributed by atoms with Gasteiger partial charge in [0.2, 0.25) is 0 Å². The fourth-order valence-electron chi connectivity index (χ4n) is 3.04. The highest BCUT2D eigenvalue weighted by Gasteiger charge is 2.17. The van der Waals surface area contributed by atoms with Gasteiger partial charge in [-0.1, -0.05) is 30.3 Å². The summed E-state index contributed by atoms with van der Waals surface area (Å²) >= 11 is 0. The van der Waals surface area contributed by atoms with Crippen LogP contribution in [-0.2, 0) is 6.54 Å². The van der Waals surface area contributed by atoms with E-state index in [4.69, 9.17) is 5.26 Å². The van der Waals surface area contributed by atoms with Crippen LogP contribution in [0.25, 0.3) is 11.3 Å². The standard InChI is InChI=1S/C18H19N3O/c19-11-16-8-9-17(15-6-2-1-3-7-15)21(18(16)22)13-14-5-4-10-20-12-14/h1-3,6-9,14,20H,4-5,10,12-13H2. The van der Waals surface area contributed by atoms with Crippen molar-refractivity contribution in [2.24, 2.45) is 5.92 Å². The fraction of sp³-hybridized carbons (Fsp3) is 0.333. The number of rotatable bonds is 3. The highest BCUT2D eigenvalue weighted by atomic mass is 16.1. The number of hydrogen-bond acceptors (Lipinski definition) is 3. The number of nitriles is 1. The van der Waals surface area contributed by atoms with Crippen molar-refractivity contribution in [3.8, 4) is 17.3 Å². The molecule has 4 heteroatoms. The van der Waals surface area contributed by atoms with Gasteiger partial charge in [-0.3, -0.25) is 4.79 Å². The number of hydrogen-bond donors (Lipinski definition) is 1. The lowest BCUT2D eigenvalue weighted by atomic mass is 9.99. The molecular weight excluding hydrogens is 274 g/mol. The second-order valence-corrected chi connectivity index (χ2v) is 5.74. The first-order valence-electron chi connectivity index (χ1n) is 7.69. The van der Waals surface area contributed by atoms with Crippen LogP contribution in [0.15, 0.2) is 47.3 Å². The first kappa shape index (κ1) is 14.6. The molecular formula is C18H19N3O. The van der Waals surface area contributed by atoms with Crippen LogP contribution in [0.2, 0.25) is 0 Å². The zero-order valence-corrected chi connectivity index (χ0v) is 12.5. The molecule has 0 radical (unpaired) electrons. The zero-order valence-electron chi connectivity index (χ0n) is 12.5. The largest absolute Gasteiger partial charge is 0.316 e. The third kappa shape index (κ3) is 2.95. The lowest BCUT2D eigenvalue weighted by molar-refractivity contribution is 0.335. The fourth-order valence-corrected chi connectivity index (χ4v) is 3.04. The minimum Gasteiger partial charge on any atom is -0.316 e. The molecule has 0 aliphatic carbocycles. The van der Waals surface area contributed by atoms with Crippen LogP contribution < -0.4 is 10.9 Å². The summed E-state index contributed by atoms with van der Waals surface area (Å²) in [5.41, 5.74) is 1.92. The molecule has 1 unspecified atom stereocenters. The topological polar surface area (TPSA) is 57.8 Å². The van der Waals surface area contributed by atoms with E-state index in [-0.39, 0.29) is 11.1 Å². The number of piperidine rings is 1. The highest BCUT2D eigenvalue weighted by molar-refractivity contribution is 5.60. The van der Waals surface area contributed by atoms with Gasteiger partial charge in [-0.15, -0.1) is 0 Å². The average molecular weight is 293 g/mol. The Hall–Kier alpha value is -2.38. The second-order valence-electron chi connectivity index (χ2n) is 5.74. The van der Waals surface area contributed by atoms with Crippen LogP contribution in [0, 0.1) is 17.2 Å². The molecule has 1 aromatic heterocycles. The summed E-state index contributed by atoms with van der Waals surface area (Å²) in [5.74, 6) is 0.433. The summed E-state index contributed by atoms with van der Waals surface area (Å²) < 4.78 is 1.77. The van der Waals surface area contributed by atoms with E-state index in [0.29, 0.717) is 12.5 Å². The van der Waals surface area contributed by atoms with Crippen molar-refractivity contribution < 1.29 is 0 Å². The predicted molar refractivity (Wildman–Crippen MR) is 86.4 cm³/mol. The molecule has 22 heavy (non-hydrogen) atoms. The average Bonchev–Trinajstić information content (AvgIpc) is 2.58. The van der Waals surface area contributed by atoms with E-state index in [1.807, 2.05) is 42.5 Å². The monoisotopic (exact) mass is 293 g/mol. The summed E-state index contributed by atoms with van der Waals surface area (Å²) in [6, 6.07) is 15.4. The molecule has 0 saturated carbocycles. The minimum absolute atomic E-state index is 0.186. The summed E-state index contributed by atoms with van der Waals surface area (Å²) in [6.45, 7) is 2.64. The van der Waals surface area contributed by atoms with E-state index in [1.54, 1.807) is 10.6 Å². The van der Waals surface area contributed by atoms with E-state index < -0.39 is 0 Å². The third-order valence-electron chi connectivity index (χ3n) is 4.20. The number of nitrogens with one attached hydrogen (secondary N) is 1. The van der Waals surface area contributed by atoms with Gasteiger partial charge >= 0.3 is 0 Å². The van der Waals surface area contributed by atoms with Gasteiger partial charge in [0, 0.05) is 6.54 Å². The van der Waals surface area contributed by atoms with E-state index >= 15 is 0 Å². The normalized spacial score (nSPS) is 17.9. The van der Waals surface area contributed by atoms with Crippen LogP contribution in [0.4, 0.5) is 0 Å². The summed E-state index contributed by atoms with van der Waals surface area (Å²) in [5, 5.41) is 12.5. The van der Waals surface area contributed by atoms with Crippen LogP contribution in [0.3, 0.4) is 0 Å². The first-order chi connectivity index (χ1) is 10.8. The maximum absolute atomic E-state index is 12.6. The Morgan fingerprint density at radius 2 is 2.05 bits per heavy atom. The van der Waals surface area contributed by atoms with Crippen molar-refractivity contribution in [1.29, 1.82) is 5.26 Å². The van der Waals surface area contributed by atoms with Gasteiger partial charge in [0.25, 0.3) is 5.56 Å². The van der Waals surface area contributed by atoms with Crippen molar-refractivity contribution in [2.75, 3.05) is 13.1 Å². The molecule has 1 aliphatic heterocycles. The van der Waals surface area contributed by atoms with E-state index in [9.17, 15) is 4.79 Å². The second kappa shape index (κ2) is 6.59. The van der Waals surface area contributed by atoms with Gasteiger partial charge in [-0.05, 0) is 49.5 Å². The molecule has 2 heterocycles. The molecule has 4 nitrogen and oxygen atoms in total.